The van der Waals surface area contributed by atoms with Crippen LogP contribution in [0, 0.1) is 5.41 Å². The molecule has 1 rings (SSSR count). The second kappa shape index (κ2) is 5.61. The maximum absolute atomic E-state index is 5.66. The molecule has 1 fully saturated rings. The quantitative estimate of drug-likeness (QED) is 0.589. The predicted octanol–water partition coefficient (Wildman–Crippen LogP) is 2.32. The van der Waals surface area contributed by atoms with E-state index in [0.717, 1.165) is 26.2 Å². The van der Waals surface area contributed by atoms with Crippen molar-refractivity contribution in [2.45, 2.75) is 45.4 Å². The van der Waals surface area contributed by atoms with Gasteiger partial charge in [0.2, 0.25) is 0 Å². The number of hydrogen-bond donors (Lipinski definition) is 1. The van der Waals surface area contributed by atoms with Crippen molar-refractivity contribution < 1.29 is 4.74 Å². The van der Waals surface area contributed by atoms with E-state index in [1.54, 1.807) is 0 Å². The van der Waals surface area contributed by atoms with Crippen molar-refractivity contribution >= 4 is 0 Å². The van der Waals surface area contributed by atoms with Crippen LogP contribution in [0.15, 0.2) is 0 Å². The van der Waals surface area contributed by atoms with Gasteiger partial charge in [-0.15, -0.1) is 0 Å². The van der Waals surface area contributed by atoms with Gasteiger partial charge in [0.1, 0.15) is 0 Å². The lowest BCUT2D eigenvalue weighted by molar-refractivity contribution is 0.0848. The van der Waals surface area contributed by atoms with Gasteiger partial charge in [-0.1, -0.05) is 19.8 Å². The van der Waals surface area contributed by atoms with Crippen LogP contribution < -0.4 is 5.73 Å². The summed E-state index contributed by atoms with van der Waals surface area (Å²) >= 11 is 0. The van der Waals surface area contributed by atoms with Gasteiger partial charge in [-0.25, -0.2) is 0 Å². The minimum absolute atomic E-state index is 0.501. The van der Waals surface area contributed by atoms with E-state index in [0.29, 0.717) is 5.41 Å². The van der Waals surface area contributed by atoms with Crippen LogP contribution >= 0.6 is 0 Å². The van der Waals surface area contributed by atoms with Crippen LogP contribution in [-0.4, -0.2) is 19.8 Å². The zero-order valence-electron chi connectivity index (χ0n) is 8.85. The van der Waals surface area contributed by atoms with Crippen molar-refractivity contribution in [3.63, 3.8) is 0 Å². The van der Waals surface area contributed by atoms with Gasteiger partial charge in [0.25, 0.3) is 0 Å². The van der Waals surface area contributed by atoms with E-state index in [9.17, 15) is 0 Å². The summed E-state index contributed by atoms with van der Waals surface area (Å²) in [7, 11) is 0. The largest absolute Gasteiger partial charge is 0.381 e. The van der Waals surface area contributed by atoms with E-state index >= 15 is 0 Å². The molecule has 1 saturated carbocycles. The minimum atomic E-state index is 0.501. The van der Waals surface area contributed by atoms with E-state index in [-0.39, 0.29) is 0 Å². The van der Waals surface area contributed by atoms with Crippen LogP contribution in [0.1, 0.15) is 45.4 Å². The van der Waals surface area contributed by atoms with E-state index < -0.39 is 0 Å². The molecule has 0 aromatic rings. The van der Waals surface area contributed by atoms with E-state index in [1.807, 2.05) is 0 Å². The molecule has 0 spiro atoms. The Morgan fingerprint density at radius 3 is 2.62 bits per heavy atom. The molecule has 78 valence electrons. The average molecular weight is 185 g/mol. The summed E-state index contributed by atoms with van der Waals surface area (Å²) in [5.74, 6) is 0. The lowest BCUT2D eigenvalue weighted by Crippen LogP contribution is -2.16. The van der Waals surface area contributed by atoms with E-state index in [2.05, 4.69) is 6.92 Å². The SMILES string of the molecule is CCCCCOCC1(CCN)CC1. The standard InChI is InChI=1S/C11H23NO/c1-2-3-4-9-13-10-11(5-6-11)7-8-12/h2-10,12H2,1H3. The van der Waals surface area contributed by atoms with Crippen molar-refractivity contribution in [1.82, 2.24) is 0 Å². The van der Waals surface area contributed by atoms with Crippen molar-refractivity contribution in [2.75, 3.05) is 19.8 Å². The first-order chi connectivity index (χ1) is 6.33. The zero-order chi connectivity index (χ0) is 9.57. The lowest BCUT2D eigenvalue weighted by atomic mass is 10.0. The van der Waals surface area contributed by atoms with Crippen LogP contribution in [0.5, 0.6) is 0 Å². The maximum atomic E-state index is 5.66. The Bertz CT molecular complexity index is 132. The fourth-order valence-corrected chi connectivity index (χ4v) is 1.69. The van der Waals surface area contributed by atoms with Gasteiger partial charge in [0.15, 0.2) is 0 Å². The normalized spacial score (nSPS) is 18.9. The smallest absolute Gasteiger partial charge is 0.0522 e. The summed E-state index contributed by atoms with van der Waals surface area (Å²) in [6.07, 6.45) is 7.60. The molecule has 0 atom stereocenters. The van der Waals surface area contributed by atoms with E-state index in [4.69, 9.17) is 10.5 Å². The Hall–Kier alpha value is -0.0800. The van der Waals surface area contributed by atoms with Crippen molar-refractivity contribution in [1.29, 1.82) is 0 Å². The first-order valence-corrected chi connectivity index (χ1v) is 5.61. The molecule has 0 bridgehead atoms. The summed E-state index contributed by atoms with van der Waals surface area (Å²) in [5.41, 5.74) is 6.05. The molecule has 2 heteroatoms. The monoisotopic (exact) mass is 185 g/mol. The van der Waals surface area contributed by atoms with Crippen molar-refractivity contribution in [3.05, 3.63) is 0 Å². The highest BCUT2D eigenvalue weighted by atomic mass is 16.5. The third-order valence-corrected chi connectivity index (χ3v) is 2.93. The Kier molecular flexibility index (Phi) is 4.74. The predicted molar refractivity (Wildman–Crippen MR) is 55.7 cm³/mol. The lowest BCUT2D eigenvalue weighted by Gasteiger charge is -2.13. The second-order valence-corrected chi connectivity index (χ2v) is 4.30. The molecule has 0 radical (unpaired) electrons. The summed E-state index contributed by atoms with van der Waals surface area (Å²) in [5, 5.41) is 0. The summed E-state index contributed by atoms with van der Waals surface area (Å²) in [4.78, 5) is 0. The first kappa shape index (κ1) is 11.0. The molecule has 0 unspecified atom stereocenters. The molecule has 0 aromatic carbocycles. The third kappa shape index (κ3) is 4.10. The van der Waals surface area contributed by atoms with Crippen LogP contribution in [0.4, 0.5) is 0 Å². The average Bonchev–Trinajstić information content (AvgIpc) is 2.86. The Morgan fingerprint density at radius 2 is 2.08 bits per heavy atom. The summed E-state index contributed by atoms with van der Waals surface area (Å²) in [6, 6.07) is 0. The number of hydrogen-bond acceptors (Lipinski definition) is 2. The Morgan fingerprint density at radius 1 is 1.31 bits per heavy atom. The Labute approximate surface area is 81.8 Å². The van der Waals surface area contributed by atoms with Crippen molar-refractivity contribution in [3.8, 4) is 0 Å². The molecule has 0 heterocycles. The molecule has 0 aromatic heterocycles. The summed E-state index contributed by atoms with van der Waals surface area (Å²) < 4.78 is 5.66. The van der Waals surface area contributed by atoms with Gasteiger partial charge in [-0.3, -0.25) is 0 Å². The fourth-order valence-electron chi connectivity index (χ4n) is 1.69. The number of nitrogens with two attached hydrogens (primary N) is 1. The van der Waals surface area contributed by atoms with Crippen molar-refractivity contribution in [2.24, 2.45) is 11.1 Å². The second-order valence-electron chi connectivity index (χ2n) is 4.30. The fraction of sp³-hybridized carbons (Fsp3) is 1.00. The summed E-state index contributed by atoms with van der Waals surface area (Å²) in [6.45, 7) is 4.93. The molecule has 2 nitrogen and oxygen atoms in total. The molecular formula is C11H23NO. The molecular weight excluding hydrogens is 162 g/mol. The Balaban J connectivity index is 1.93. The number of rotatable bonds is 8. The van der Waals surface area contributed by atoms with Gasteiger partial charge in [-0.05, 0) is 37.6 Å². The third-order valence-electron chi connectivity index (χ3n) is 2.93. The van der Waals surface area contributed by atoms with Crippen LogP contribution in [0.25, 0.3) is 0 Å². The topological polar surface area (TPSA) is 35.2 Å². The molecule has 2 N–H and O–H groups in total. The molecule has 1 aliphatic carbocycles. The van der Waals surface area contributed by atoms with E-state index in [1.165, 1.54) is 32.1 Å². The van der Waals surface area contributed by atoms with Gasteiger partial charge >= 0.3 is 0 Å². The molecule has 0 aliphatic heterocycles. The molecule has 13 heavy (non-hydrogen) atoms. The van der Waals surface area contributed by atoms with Crippen LogP contribution in [0.3, 0.4) is 0 Å². The van der Waals surface area contributed by atoms with Crippen LogP contribution in [-0.2, 0) is 4.74 Å². The molecule has 1 aliphatic rings. The number of unbranched alkanes of at least 4 members (excludes halogenated alkanes) is 2. The van der Waals surface area contributed by atoms with Gasteiger partial charge in [0.05, 0.1) is 6.61 Å². The first-order valence-electron chi connectivity index (χ1n) is 5.61. The molecule has 0 amide bonds. The van der Waals surface area contributed by atoms with Gasteiger partial charge in [0, 0.05) is 6.61 Å². The van der Waals surface area contributed by atoms with Gasteiger partial charge < -0.3 is 10.5 Å². The maximum Gasteiger partial charge on any atom is 0.0522 e. The highest BCUT2D eigenvalue weighted by Gasteiger charge is 2.41. The molecule has 0 saturated heterocycles. The van der Waals surface area contributed by atoms with Crippen LogP contribution in [0.2, 0.25) is 0 Å². The number of ether oxygens (including phenoxy) is 1. The highest BCUT2D eigenvalue weighted by molar-refractivity contribution is 4.92. The zero-order valence-corrected chi connectivity index (χ0v) is 8.85. The van der Waals surface area contributed by atoms with Gasteiger partial charge in [-0.2, -0.15) is 0 Å². The minimum Gasteiger partial charge on any atom is -0.381 e. The highest BCUT2D eigenvalue weighted by Crippen LogP contribution is 2.48.